The first-order chi connectivity index (χ1) is 8.97. The highest BCUT2D eigenvalue weighted by molar-refractivity contribution is 5.82. The predicted molar refractivity (Wildman–Crippen MR) is 63.3 cm³/mol. The predicted octanol–water partition coefficient (Wildman–Crippen LogP) is 0.792. The molecule has 0 spiro atoms. The van der Waals surface area contributed by atoms with Crippen LogP contribution in [0.25, 0.3) is 0 Å². The Balaban J connectivity index is 1.89. The summed E-state index contributed by atoms with van der Waals surface area (Å²) in [5.41, 5.74) is 0. The topological polar surface area (TPSA) is 102 Å². The molecule has 0 saturated carbocycles. The van der Waals surface area contributed by atoms with Crippen LogP contribution in [0.3, 0.4) is 0 Å². The van der Waals surface area contributed by atoms with Crippen LogP contribution in [0.4, 0.5) is 0 Å². The number of nitrogens with zero attached hydrogens (tertiary/aromatic N) is 1. The third kappa shape index (κ3) is 3.11. The Kier molecular flexibility index (Phi) is 3.84. The van der Waals surface area contributed by atoms with Crippen molar-refractivity contribution in [2.75, 3.05) is 0 Å². The van der Waals surface area contributed by atoms with Gasteiger partial charge in [-0.05, 0) is 26.7 Å². The number of ether oxygens (including phenoxy) is 1. The largest absolute Gasteiger partial charge is 0.479 e. The van der Waals surface area contributed by atoms with E-state index in [0.717, 1.165) is 0 Å². The van der Waals surface area contributed by atoms with Crippen LogP contribution in [-0.2, 0) is 14.3 Å². The Morgan fingerprint density at radius 1 is 1.47 bits per heavy atom. The second-order valence-electron chi connectivity index (χ2n) is 4.57. The minimum atomic E-state index is -1.04. The fourth-order valence-corrected chi connectivity index (χ4v) is 1.95. The van der Waals surface area contributed by atoms with Crippen LogP contribution < -0.4 is 5.32 Å². The molecular formula is C12H16N2O5. The first-order valence-electron chi connectivity index (χ1n) is 6.08. The molecule has 1 aromatic heterocycles. The smallest absolute Gasteiger partial charge is 0.332 e. The SMILES string of the molecule is Cc1cnc(C(C)NC(=O)C2CCC(C(=O)O)O2)o1. The maximum Gasteiger partial charge on any atom is 0.332 e. The van der Waals surface area contributed by atoms with Gasteiger partial charge in [-0.25, -0.2) is 9.78 Å². The van der Waals surface area contributed by atoms with Crippen molar-refractivity contribution in [3.63, 3.8) is 0 Å². The number of nitrogens with one attached hydrogen (secondary N) is 1. The van der Waals surface area contributed by atoms with Gasteiger partial charge in [0.1, 0.15) is 17.9 Å². The van der Waals surface area contributed by atoms with Gasteiger partial charge in [-0.1, -0.05) is 0 Å². The number of carbonyl (C=O) groups is 2. The van der Waals surface area contributed by atoms with Crippen molar-refractivity contribution in [2.45, 2.75) is 44.9 Å². The maximum atomic E-state index is 11.9. The lowest BCUT2D eigenvalue weighted by atomic mass is 10.2. The van der Waals surface area contributed by atoms with Crippen LogP contribution in [0.15, 0.2) is 10.6 Å². The molecule has 104 valence electrons. The summed E-state index contributed by atoms with van der Waals surface area (Å²) in [5.74, 6) is -0.295. The first-order valence-corrected chi connectivity index (χ1v) is 6.08. The standard InChI is InChI=1S/C12H16N2O5/c1-6-5-13-11(18-6)7(2)14-10(15)8-3-4-9(19-8)12(16)17/h5,7-9H,3-4H2,1-2H3,(H,14,15)(H,16,17). The number of hydrogen-bond donors (Lipinski definition) is 2. The number of aryl methyl sites for hydroxylation is 1. The molecule has 1 saturated heterocycles. The summed E-state index contributed by atoms with van der Waals surface area (Å²) in [7, 11) is 0. The van der Waals surface area contributed by atoms with Crippen LogP contribution in [-0.4, -0.2) is 34.2 Å². The van der Waals surface area contributed by atoms with Gasteiger partial charge in [0.2, 0.25) is 11.8 Å². The van der Waals surface area contributed by atoms with Gasteiger partial charge in [0.05, 0.1) is 6.20 Å². The minimum Gasteiger partial charge on any atom is -0.479 e. The summed E-state index contributed by atoms with van der Waals surface area (Å²) >= 11 is 0. The van der Waals surface area contributed by atoms with E-state index >= 15 is 0 Å². The zero-order valence-electron chi connectivity index (χ0n) is 10.8. The van der Waals surface area contributed by atoms with E-state index in [1.54, 1.807) is 20.0 Å². The average Bonchev–Trinajstić information content (AvgIpc) is 2.96. The fourth-order valence-electron chi connectivity index (χ4n) is 1.95. The summed E-state index contributed by atoms with van der Waals surface area (Å²) in [6.07, 6.45) is 0.708. The number of oxazole rings is 1. The molecule has 1 aromatic rings. The highest BCUT2D eigenvalue weighted by atomic mass is 16.5. The van der Waals surface area contributed by atoms with Crippen molar-refractivity contribution < 1.29 is 23.8 Å². The van der Waals surface area contributed by atoms with Gasteiger partial charge in [-0.2, -0.15) is 0 Å². The van der Waals surface area contributed by atoms with Crippen LogP contribution in [0.2, 0.25) is 0 Å². The lowest BCUT2D eigenvalue weighted by Crippen LogP contribution is -2.37. The molecule has 3 unspecified atom stereocenters. The molecule has 0 radical (unpaired) electrons. The quantitative estimate of drug-likeness (QED) is 0.837. The normalized spacial score (nSPS) is 24.1. The van der Waals surface area contributed by atoms with E-state index in [1.165, 1.54) is 0 Å². The molecule has 2 rings (SSSR count). The fraction of sp³-hybridized carbons (Fsp3) is 0.583. The van der Waals surface area contributed by atoms with Gasteiger partial charge in [-0.15, -0.1) is 0 Å². The highest BCUT2D eigenvalue weighted by Gasteiger charge is 2.35. The number of rotatable bonds is 4. The van der Waals surface area contributed by atoms with Crippen molar-refractivity contribution in [1.29, 1.82) is 0 Å². The van der Waals surface area contributed by atoms with Gasteiger partial charge in [0.25, 0.3) is 0 Å². The summed E-state index contributed by atoms with van der Waals surface area (Å²) < 4.78 is 10.5. The van der Waals surface area contributed by atoms with E-state index < -0.39 is 18.2 Å². The van der Waals surface area contributed by atoms with Crippen LogP contribution in [0, 0.1) is 6.92 Å². The molecule has 0 aromatic carbocycles. The van der Waals surface area contributed by atoms with E-state index in [4.69, 9.17) is 14.3 Å². The number of hydrogen-bond acceptors (Lipinski definition) is 5. The number of aromatic nitrogens is 1. The van der Waals surface area contributed by atoms with Gasteiger partial charge >= 0.3 is 5.97 Å². The minimum absolute atomic E-state index is 0.341. The monoisotopic (exact) mass is 268 g/mol. The molecule has 1 aliphatic rings. The second kappa shape index (κ2) is 5.40. The number of carbonyl (C=O) groups excluding carboxylic acids is 1. The summed E-state index contributed by atoms with van der Waals surface area (Å²) in [4.78, 5) is 26.7. The molecule has 2 heterocycles. The third-order valence-electron chi connectivity index (χ3n) is 2.96. The van der Waals surface area contributed by atoms with E-state index in [2.05, 4.69) is 10.3 Å². The molecule has 0 bridgehead atoms. The Hall–Kier alpha value is -1.89. The Morgan fingerprint density at radius 2 is 2.16 bits per heavy atom. The molecule has 7 heteroatoms. The van der Waals surface area contributed by atoms with Crippen molar-refractivity contribution >= 4 is 11.9 Å². The van der Waals surface area contributed by atoms with Crippen LogP contribution in [0.1, 0.15) is 37.5 Å². The molecular weight excluding hydrogens is 252 g/mol. The van der Waals surface area contributed by atoms with Crippen molar-refractivity contribution in [3.05, 3.63) is 17.8 Å². The van der Waals surface area contributed by atoms with E-state index in [1.807, 2.05) is 0 Å². The molecule has 1 fully saturated rings. The Labute approximate surface area is 110 Å². The van der Waals surface area contributed by atoms with Gasteiger partial charge in [0, 0.05) is 0 Å². The van der Waals surface area contributed by atoms with Crippen molar-refractivity contribution in [2.24, 2.45) is 0 Å². The molecule has 19 heavy (non-hydrogen) atoms. The number of amides is 1. The summed E-state index contributed by atoms with van der Waals surface area (Å²) in [6.45, 7) is 3.51. The number of aliphatic carboxylic acids is 1. The number of carboxylic acids is 1. The van der Waals surface area contributed by atoms with Crippen LogP contribution >= 0.6 is 0 Å². The Bertz CT molecular complexity index is 484. The molecule has 2 N–H and O–H groups in total. The van der Waals surface area contributed by atoms with E-state index in [0.29, 0.717) is 24.5 Å². The number of carboxylic acid groups (broad SMARTS) is 1. The van der Waals surface area contributed by atoms with E-state index in [9.17, 15) is 9.59 Å². The van der Waals surface area contributed by atoms with Crippen LogP contribution in [0.5, 0.6) is 0 Å². The summed E-state index contributed by atoms with van der Waals surface area (Å²) in [6, 6.07) is -0.381. The third-order valence-corrected chi connectivity index (χ3v) is 2.96. The maximum absolute atomic E-state index is 11.9. The van der Waals surface area contributed by atoms with Gasteiger partial charge in [-0.3, -0.25) is 4.79 Å². The second-order valence-corrected chi connectivity index (χ2v) is 4.57. The first kappa shape index (κ1) is 13.5. The molecule has 1 amide bonds. The molecule has 1 aliphatic heterocycles. The summed E-state index contributed by atoms with van der Waals surface area (Å²) in [5, 5.41) is 11.5. The zero-order chi connectivity index (χ0) is 14.0. The zero-order valence-corrected chi connectivity index (χ0v) is 10.8. The molecule has 3 atom stereocenters. The lowest BCUT2D eigenvalue weighted by molar-refractivity contribution is -0.151. The Morgan fingerprint density at radius 3 is 2.68 bits per heavy atom. The lowest BCUT2D eigenvalue weighted by Gasteiger charge is -2.14. The highest BCUT2D eigenvalue weighted by Crippen LogP contribution is 2.21. The van der Waals surface area contributed by atoms with Gasteiger partial charge < -0.3 is 19.6 Å². The van der Waals surface area contributed by atoms with Crippen molar-refractivity contribution in [1.82, 2.24) is 10.3 Å². The molecule has 7 nitrogen and oxygen atoms in total. The average molecular weight is 268 g/mol. The van der Waals surface area contributed by atoms with Crippen molar-refractivity contribution in [3.8, 4) is 0 Å². The molecule has 0 aliphatic carbocycles. The van der Waals surface area contributed by atoms with E-state index in [-0.39, 0.29) is 11.9 Å². The van der Waals surface area contributed by atoms with Gasteiger partial charge in [0.15, 0.2) is 6.10 Å².